The minimum Gasteiger partial charge on any atom is -0.490 e. The summed E-state index contributed by atoms with van der Waals surface area (Å²) in [6.45, 7) is 1.04. The van der Waals surface area contributed by atoms with Gasteiger partial charge in [-0.1, -0.05) is 24.3 Å². The van der Waals surface area contributed by atoms with Crippen molar-refractivity contribution in [3.63, 3.8) is 0 Å². The van der Waals surface area contributed by atoms with Crippen LogP contribution in [-0.4, -0.2) is 31.2 Å². The van der Waals surface area contributed by atoms with E-state index in [2.05, 4.69) is 15.6 Å². The number of nitrogens with one attached hydrogen (secondary N) is 2. The third-order valence-electron chi connectivity index (χ3n) is 6.09. The van der Waals surface area contributed by atoms with Gasteiger partial charge in [0.15, 0.2) is 11.5 Å². The normalized spacial score (nSPS) is 14.9. The lowest BCUT2D eigenvalue weighted by atomic mass is 9.96. The van der Waals surface area contributed by atoms with E-state index in [9.17, 15) is 22.4 Å². The summed E-state index contributed by atoms with van der Waals surface area (Å²) in [5.41, 5.74) is 1.04. The number of amides is 1. The molecule has 2 atom stereocenters. The van der Waals surface area contributed by atoms with Gasteiger partial charge in [0.1, 0.15) is 17.6 Å². The first-order valence-electron chi connectivity index (χ1n) is 11.9. The monoisotopic (exact) mass is 517 g/mol. The lowest BCUT2D eigenvalue weighted by Crippen LogP contribution is -2.38. The number of carbonyl (C=O) groups is 1. The zero-order valence-electron chi connectivity index (χ0n) is 20.1. The first-order valence-corrected chi connectivity index (χ1v) is 11.9. The number of likely N-dealkylation sites (N-methyl/N-ethyl adjacent to an activating group) is 1. The highest BCUT2D eigenvalue weighted by atomic mass is 19.4. The summed E-state index contributed by atoms with van der Waals surface area (Å²) < 4.78 is 63.8. The van der Waals surface area contributed by atoms with E-state index < -0.39 is 29.8 Å². The Morgan fingerprint density at radius 3 is 2.35 bits per heavy atom. The van der Waals surface area contributed by atoms with Crippen molar-refractivity contribution in [2.24, 2.45) is 0 Å². The van der Waals surface area contributed by atoms with Gasteiger partial charge in [0, 0.05) is 25.7 Å². The molecule has 1 aliphatic rings. The Morgan fingerprint density at radius 1 is 1.00 bits per heavy atom. The summed E-state index contributed by atoms with van der Waals surface area (Å²) in [7, 11) is 1.51. The third-order valence-corrected chi connectivity index (χ3v) is 6.09. The molecule has 2 aromatic carbocycles. The summed E-state index contributed by atoms with van der Waals surface area (Å²) in [6, 6.07) is 12.3. The van der Waals surface area contributed by atoms with Crippen molar-refractivity contribution in [1.29, 1.82) is 0 Å². The minimum atomic E-state index is -4.51. The predicted molar refractivity (Wildman–Crippen MR) is 129 cm³/mol. The number of alkyl halides is 3. The molecule has 0 aliphatic carbocycles. The van der Waals surface area contributed by atoms with Gasteiger partial charge in [-0.05, 0) is 59.9 Å². The maximum absolute atomic E-state index is 13.5. The van der Waals surface area contributed by atoms with E-state index >= 15 is 0 Å². The summed E-state index contributed by atoms with van der Waals surface area (Å²) >= 11 is 0. The van der Waals surface area contributed by atoms with Crippen LogP contribution in [-0.2, 0) is 17.4 Å². The Balaban J connectivity index is 1.62. The lowest BCUT2D eigenvalue weighted by molar-refractivity contribution is -0.141. The number of halogens is 4. The lowest BCUT2D eigenvalue weighted by Gasteiger charge is -2.26. The molecule has 196 valence electrons. The van der Waals surface area contributed by atoms with Crippen molar-refractivity contribution >= 4 is 5.91 Å². The minimum absolute atomic E-state index is 0.317. The van der Waals surface area contributed by atoms with Crippen LogP contribution in [0.25, 0.3) is 0 Å². The van der Waals surface area contributed by atoms with Gasteiger partial charge in [-0.2, -0.15) is 13.2 Å². The van der Waals surface area contributed by atoms with Gasteiger partial charge in [-0.3, -0.25) is 15.1 Å². The van der Waals surface area contributed by atoms with Gasteiger partial charge in [-0.25, -0.2) is 4.39 Å². The Morgan fingerprint density at radius 2 is 1.70 bits per heavy atom. The fourth-order valence-corrected chi connectivity index (χ4v) is 4.12. The zero-order chi connectivity index (χ0) is 26.4. The molecule has 37 heavy (non-hydrogen) atoms. The largest absolute Gasteiger partial charge is 0.490 e. The number of carbonyl (C=O) groups excluding carboxylic acids is 1. The van der Waals surface area contributed by atoms with Gasteiger partial charge < -0.3 is 14.8 Å². The van der Waals surface area contributed by atoms with Crippen LogP contribution >= 0.6 is 0 Å². The first kappa shape index (κ1) is 26.4. The molecule has 0 fully saturated rings. The van der Waals surface area contributed by atoms with Crippen molar-refractivity contribution in [1.82, 2.24) is 15.6 Å². The van der Waals surface area contributed by atoms with Crippen molar-refractivity contribution in [2.45, 2.75) is 37.5 Å². The highest BCUT2D eigenvalue weighted by Crippen LogP contribution is 2.35. The Labute approximate surface area is 212 Å². The second-order valence-corrected chi connectivity index (χ2v) is 8.66. The molecule has 4 rings (SSSR count). The zero-order valence-corrected chi connectivity index (χ0v) is 20.1. The molecule has 2 N–H and O–H groups in total. The van der Waals surface area contributed by atoms with Gasteiger partial charge in [0.25, 0.3) is 0 Å². The number of aryl methyl sites for hydroxylation is 1. The molecule has 0 radical (unpaired) electrons. The maximum Gasteiger partial charge on any atom is 0.433 e. The standard InChI is InChI=1S/C27H27F4N3O3/c1-32-26(35)25(18-5-8-20(28)9-6-18)34-21(10-3-17-4-12-24(33-16-17)27(29,30)31)19-7-11-22-23(15-19)37-14-2-13-36-22/h4-9,11-12,15-16,21,25,34H,2-3,10,13-14H2,1H3,(H,32,35). The van der Waals surface area contributed by atoms with E-state index in [0.717, 1.165) is 18.1 Å². The van der Waals surface area contributed by atoms with Crippen LogP contribution in [0.5, 0.6) is 11.5 Å². The number of hydrogen-bond donors (Lipinski definition) is 2. The summed E-state index contributed by atoms with van der Waals surface area (Å²) in [5.74, 6) is 0.459. The molecule has 2 unspecified atom stereocenters. The molecule has 3 aromatic rings. The van der Waals surface area contributed by atoms with Crippen LogP contribution in [0.15, 0.2) is 60.8 Å². The summed E-state index contributed by atoms with van der Waals surface area (Å²) in [4.78, 5) is 16.4. The van der Waals surface area contributed by atoms with Crippen LogP contribution in [0.1, 0.15) is 47.3 Å². The second-order valence-electron chi connectivity index (χ2n) is 8.66. The van der Waals surface area contributed by atoms with Gasteiger partial charge >= 0.3 is 6.18 Å². The van der Waals surface area contributed by atoms with Gasteiger partial charge in [-0.15, -0.1) is 0 Å². The van der Waals surface area contributed by atoms with E-state index in [0.29, 0.717) is 48.7 Å². The molecule has 1 aliphatic heterocycles. The van der Waals surface area contributed by atoms with Crippen LogP contribution < -0.4 is 20.1 Å². The fourth-order valence-electron chi connectivity index (χ4n) is 4.12. The van der Waals surface area contributed by atoms with E-state index in [1.807, 2.05) is 12.1 Å². The van der Waals surface area contributed by atoms with E-state index in [1.54, 1.807) is 6.07 Å². The molecule has 0 saturated carbocycles. The number of pyridine rings is 1. The van der Waals surface area contributed by atoms with Crippen LogP contribution in [0.2, 0.25) is 0 Å². The van der Waals surface area contributed by atoms with Crippen LogP contribution in [0.4, 0.5) is 17.6 Å². The molecule has 10 heteroatoms. The number of ether oxygens (including phenoxy) is 2. The van der Waals surface area contributed by atoms with E-state index in [4.69, 9.17) is 9.47 Å². The molecule has 1 amide bonds. The SMILES string of the molecule is CNC(=O)C(NC(CCc1ccc(C(F)(F)F)nc1)c1ccc2c(c1)OCCCO2)c1ccc(F)cc1. The molecular weight excluding hydrogens is 490 g/mol. The second kappa shape index (κ2) is 11.6. The Hall–Kier alpha value is -3.66. The Kier molecular flexibility index (Phi) is 8.27. The van der Waals surface area contributed by atoms with Crippen molar-refractivity contribution in [3.05, 3.63) is 89.0 Å². The summed E-state index contributed by atoms with van der Waals surface area (Å²) in [6.07, 6.45) is -1.73. The molecule has 0 saturated heterocycles. The highest BCUT2D eigenvalue weighted by Gasteiger charge is 2.32. The van der Waals surface area contributed by atoms with Crippen molar-refractivity contribution in [2.75, 3.05) is 20.3 Å². The smallest absolute Gasteiger partial charge is 0.433 e. The molecule has 2 heterocycles. The summed E-state index contributed by atoms with van der Waals surface area (Å²) in [5, 5.41) is 5.98. The topological polar surface area (TPSA) is 72.5 Å². The Bertz CT molecular complexity index is 1200. The van der Waals surface area contributed by atoms with Crippen LogP contribution in [0.3, 0.4) is 0 Å². The van der Waals surface area contributed by atoms with E-state index in [-0.39, 0.29) is 5.91 Å². The average Bonchev–Trinajstić information content (AvgIpc) is 3.14. The number of fused-ring (bicyclic) bond motifs is 1. The molecule has 0 bridgehead atoms. The number of nitrogens with zero attached hydrogens (tertiary/aromatic N) is 1. The predicted octanol–water partition coefficient (Wildman–Crippen LogP) is 5.15. The molecule has 0 spiro atoms. The van der Waals surface area contributed by atoms with Gasteiger partial charge in [0.05, 0.1) is 13.2 Å². The molecular formula is C27H27F4N3O3. The number of benzene rings is 2. The van der Waals surface area contributed by atoms with Crippen molar-refractivity contribution in [3.8, 4) is 11.5 Å². The quantitative estimate of drug-likeness (QED) is 0.405. The average molecular weight is 518 g/mol. The van der Waals surface area contributed by atoms with Crippen LogP contribution in [0, 0.1) is 5.82 Å². The molecule has 6 nitrogen and oxygen atoms in total. The number of hydrogen-bond acceptors (Lipinski definition) is 5. The molecule has 1 aromatic heterocycles. The van der Waals surface area contributed by atoms with Crippen molar-refractivity contribution < 1.29 is 31.8 Å². The maximum atomic E-state index is 13.5. The third kappa shape index (κ3) is 6.76. The van der Waals surface area contributed by atoms with Gasteiger partial charge in [0.2, 0.25) is 5.91 Å². The number of aromatic nitrogens is 1. The first-order chi connectivity index (χ1) is 17.7. The van der Waals surface area contributed by atoms with E-state index in [1.165, 1.54) is 43.6 Å². The fraction of sp³-hybridized carbons (Fsp3) is 0.333. The highest BCUT2D eigenvalue weighted by molar-refractivity contribution is 5.83. The number of rotatable bonds is 8.